The fourth-order valence-electron chi connectivity index (χ4n) is 2.45. The van der Waals surface area contributed by atoms with Crippen molar-refractivity contribution in [2.24, 2.45) is 0 Å². The molecule has 4 nitrogen and oxygen atoms in total. The lowest BCUT2D eigenvalue weighted by Gasteiger charge is -2.38. The highest BCUT2D eigenvalue weighted by Crippen LogP contribution is 2.35. The van der Waals surface area contributed by atoms with E-state index in [0.29, 0.717) is 31.7 Å². The fourth-order valence-corrected chi connectivity index (χ4v) is 2.73. The van der Waals surface area contributed by atoms with Crippen molar-refractivity contribution in [1.82, 2.24) is 4.90 Å². The van der Waals surface area contributed by atoms with Gasteiger partial charge in [-0.05, 0) is 24.0 Å². The largest absolute Gasteiger partial charge is 0.465 e. The van der Waals surface area contributed by atoms with Crippen LogP contribution < -0.4 is 0 Å². The molecule has 2 rings (SSSR count). The molecule has 0 aliphatic carbocycles. The summed E-state index contributed by atoms with van der Waals surface area (Å²) in [5.74, 6) is 0.571. The first-order valence-electron chi connectivity index (χ1n) is 5.96. The molecule has 1 amide bonds. The summed E-state index contributed by atoms with van der Waals surface area (Å²) in [6, 6.07) is 7.67. The van der Waals surface area contributed by atoms with E-state index in [1.165, 1.54) is 4.90 Å². The van der Waals surface area contributed by atoms with Crippen LogP contribution >= 0.6 is 12.6 Å². The maximum absolute atomic E-state index is 10.9. The van der Waals surface area contributed by atoms with Gasteiger partial charge in [0, 0.05) is 18.8 Å². The molecule has 0 atom stereocenters. The van der Waals surface area contributed by atoms with Gasteiger partial charge in [0.15, 0.2) is 0 Å². The van der Waals surface area contributed by atoms with Crippen LogP contribution in [0, 0.1) is 0 Å². The Labute approximate surface area is 112 Å². The van der Waals surface area contributed by atoms with Crippen LogP contribution in [0.15, 0.2) is 24.3 Å². The average Bonchev–Trinajstić information content (AvgIpc) is 2.39. The summed E-state index contributed by atoms with van der Waals surface area (Å²) in [4.78, 5) is 12.2. The first-order valence-corrected chi connectivity index (χ1v) is 6.59. The standard InChI is InChI=1S/C13H17NO3S/c15-12(16)14-7-5-13(17,6-8-14)11-4-2-1-3-10(11)9-18/h1-4,17-18H,5-9H2,(H,15,16). The Morgan fingerprint density at radius 3 is 2.50 bits per heavy atom. The van der Waals surface area contributed by atoms with Gasteiger partial charge in [-0.3, -0.25) is 0 Å². The van der Waals surface area contributed by atoms with E-state index in [1.807, 2.05) is 24.3 Å². The van der Waals surface area contributed by atoms with Crippen molar-refractivity contribution in [3.05, 3.63) is 35.4 Å². The van der Waals surface area contributed by atoms with Crippen molar-refractivity contribution in [3.63, 3.8) is 0 Å². The summed E-state index contributed by atoms with van der Waals surface area (Å²) in [6.45, 7) is 0.736. The molecule has 18 heavy (non-hydrogen) atoms. The van der Waals surface area contributed by atoms with Crippen LogP contribution in [0.25, 0.3) is 0 Å². The lowest BCUT2D eigenvalue weighted by Crippen LogP contribution is -2.45. The lowest BCUT2D eigenvalue weighted by molar-refractivity contribution is -0.0218. The molecule has 0 aromatic heterocycles. The average molecular weight is 267 g/mol. The Morgan fingerprint density at radius 1 is 1.33 bits per heavy atom. The number of amides is 1. The van der Waals surface area contributed by atoms with Crippen LogP contribution in [0.2, 0.25) is 0 Å². The number of piperidine rings is 1. The van der Waals surface area contributed by atoms with Crippen LogP contribution in [-0.4, -0.2) is 34.3 Å². The van der Waals surface area contributed by atoms with Crippen LogP contribution in [0.5, 0.6) is 0 Å². The Morgan fingerprint density at radius 2 is 1.94 bits per heavy atom. The van der Waals surface area contributed by atoms with E-state index >= 15 is 0 Å². The van der Waals surface area contributed by atoms with Crippen LogP contribution in [0.1, 0.15) is 24.0 Å². The predicted octanol–water partition coefficient (Wildman–Crippen LogP) is 2.08. The highest BCUT2D eigenvalue weighted by molar-refractivity contribution is 7.79. The number of carboxylic acid groups (broad SMARTS) is 1. The highest BCUT2D eigenvalue weighted by Gasteiger charge is 2.36. The van der Waals surface area contributed by atoms with E-state index in [4.69, 9.17) is 5.11 Å². The molecule has 5 heteroatoms. The minimum atomic E-state index is -0.925. The maximum atomic E-state index is 10.9. The first-order chi connectivity index (χ1) is 8.57. The number of rotatable bonds is 2. The first kappa shape index (κ1) is 13.2. The molecule has 2 N–H and O–H groups in total. The second kappa shape index (κ2) is 5.20. The van der Waals surface area contributed by atoms with Gasteiger partial charge in [0.25, 0.3) is 0 Å². The number of hydrogen-bond acceptors (Lipinski definition) is 3. The summed E-state index contributed by atoms with van der Waals surface area (Å²) < 4.78 is 0. The number of hydrogen-bond donors (Lipinski definition) is 3. The molecule has 0 saturated carbocycles. The van der Waals surface area contributed by atoms with Gasteiger partial charge in [0.1, 0.15) is 0 Å². The molecule has 1 fully saturated rings. The molecular formula is C13H17NO3S. The molecule has 1 saturated heterocycles. The van der Waals surface area contributed by atoms with Gasteiger partial charge in [-0.15, -0.1) is 0 Å². The van der Waals surface area contributed by atoms with Crippen LogP contribution in [0.4, 0.5) is 4.79 Å². The van der Waals surface area contributed by atoms with E-state index in [1.54, 1.807) is 0 Å². The minimum Gasteiger partial charge on any atom is -0.465 e. The monoisotopic (exact) mass is 267 g/mol. The Kier molecular flexibility index (Phi) is 3.82. The van der Waals surface area contributed by atoms with Crippen molar-refractivity contribution in [1.29, 1.82) is 0 Å². The predicted molar refractivity (Wildman–Crippen MR) is 71.9 cm³/mol. The molecule has 1 heterocycles. The Hall–Kier alpha value is -1.20. The molecule has 1 aromatic rings. The number of nitrogens with zero attached hydrogens (tertiary/aromatic N) is 1. The molecule has 1 aromatic carbocycles. The molecule has 0 unspecified atom stereocenters. The lowest BCUT2D eigenvalue weighted by atomic mass is 9.82. The molecule has 1 aliphatic heterocycles. The molecule has 98 valence electrons. The van der Waals surface area contributed by atoms with Crippen molar-refractivity contribution >= 4 is 18.7 Å². The van der Waals surface area contributed by atoms with Gasteiger partial charge in [-0.1, -0.05) is 24.3 Å². The maximum Gasteiger partial charge on any atom is 0.407 e. The molecule has 0 spiro atoms. The van der Waals surface area contributed by atoms with E-state index in [9.17, 15) is 9.90 Å². The van der Waals surface area contributed by atoms with Gasteiger partial charge in [0.05, 0.1) is 5.60 Å². The van der Waals surface area contributed by atoms with Crippen molar-refractivity contribution in [3.8, 4) is 0 Å². The third-order valence-electron chi connectivity index (χ3n) is 3.55. The highest BCUT2D eigenvalue weighted by atomic mass is 32.1. The summed E-state index contributed by atoms with van der Waals surface area (Å²) in [5.41, 5.74) is 0.961. The van der Waals surface area contributed by atoms with Gasteiger partial charge >= 0.3 is 6.09 Å². The zero-order valence-electron chi connectivity index (χ0n) is 10.0. The van der Waals surface area contributed by atoms with E-state index < -0.39 is 11.7 Å². The minimum absolute atomic E-state index is 0.368. The summed E-state index contributed by atoms with van der Waals surface area (Å²) in [5, 5.41) is 19.6. The third kappa shape index (κ3) is 2.47. The van der Waals surface area contributed by atoms with Crippen molar-refractivity contribution < 1.29 is 15.0 Å². The van der Waals surface area contributed by atoms with E-state index in [2.05, 4.69) is 12.6 Å². The van der Waals surface area contributed by atoms with Gasteiger partial charge in [0.2, 0.25) is 0 Å². The number of thiol groups is 1. The Bertz CT molecular complexity index is 442. The van der Waals surface area contributed by atoms with Crippen molar-refractivity contribution in [2.45, 2.75) is 24.2 Å². The van der Waals surface area contributed by atoms with Crippen LogP contribution in [-0.2, 0) is 11.4 Å². The number of likely N-dealkylation sites (tertiary alicyclic amines) is 1. The smallest absolute Gasteiger partial charge is 0.407 e. The topological polar surface area (TPSA) is 60.8 Å². The van der Waals surface area contributed by atoms with Gasteiger partial charge in [-0.25, -0.2) is 4.79 Å². The summed E-state index contributed by atoms with van der Waals surface area (Å²) in [6.07, 6.45) is -0.0479. The molecule has 0 radical (unpaired) electrons. The molecule has 0 bridgehead atoms. The number of carbonyl (C=O) groups is 1. The fraction of sp³-hybridized carbons (Fsp3) is 0.462. The SMILES string of the molecule is O=C(O)N1CCC(O)(c2ccccc2CS)CC1. The number of benzene rings is 1. The normalized spacial score (nSPS) is 18.7. The molecule has 1 aliphatic rings. The third-order valence-corrected chi connectivity index (χ3v) is 3.89. The van der Waals surface area contributed by atoms with E-state index in [-0.39, 0.29) is 0 Å². The van der Waals surface area contributed by atoms with Gasteiger partial charge < -0.3 is 15.1 Å². The van der Waals surface area contributed by atoms with E-state index in [0.717, 1.165) is 11.1 Å². The number of aliphatic hydroxyl groups is 1. The summed E-state index contributed by atoms with van der Waals surface area (Å²) >= 11 is 4.27. The zero-order chi connectivity index (χ0) is 13.2. The quantitative estimate of drug-likeness (QED) is 0.719. The molecular weight excluding hydrogens is 250 g/mol. The zero-order valence-corrected chi connectivity index (χ0v) is 10.9. The van der Waals surface area contributed by atoms with Crippen molar-refractivity contribution in [2.75, 3.05) is 13.1 Å². The second-order valence-corrected chi connectivity index (χ2v) is 4.93. The summed E-state index contributed by atoms with van der Waals surface area (Å²) in [7, 11) is 0. The van der Waals surface area contributed by atoms with Crippen LogP contribution in [0.3, 0.4) is 0 Å². The second-order valence-electron chi connectivity index (χ2n) is 4.62. The Balaban J connectivity index is 2.20. The van der Waals surface area contributed by atoms with Gasteiger partial charge in [-0.2, -0.15) is 12.6 Å².